The van der Waals surface area contributed by atoms with E-state index in [0.717, 1.165) is 29.7 Å². The van der Waals surface area contributed by atoms with Crippen LogP contribution in [0, 0.1) is 0 Å². The molecule has 2 N–H and O–H groups in total. The van der Waals surface area contributed by atoms with Gasteiger partial charge in [0.25, 0.3) is 5.56 Å². The summed E-state index contributed by atoms with van der Waals surface area (Å²) in [6.07, 6.45) is 3.73. The molecule has 0 bridgehead atoms. The molecule has 0 saturated carbocycles. The first-order chi connectivity index (χ1) is 13.3. The summed E-state index contributed by atoms with van der Waals surface area (Å²) in [5, 5.41) is 4.19. The van der Waals surface area contributed by atoms with Gasteiger partial charge in [-0.05, 0) is 18.6 Å². The van der Waals surface area contributed by atoms with Crippen molar-refractivity contribution in [2.24, 2.45) is 5.10 Å². The van der Waals surface area contributed by atoms with E-state index in [9.17, 15) is 4.79 Å². The van der Waals surface area contributed by atoms with Crippen LogP contribution in [0.15, 0.2) is 70.6 Å². The van der Waals surface area contributed by atoms with E-state index in [1.165, 1.54) is 6.07 Å². The number of H-pyrrole nitrogens is 1. The molecule has 3 aromatic rings. The largest absolute Gasteiger partial charge is 0.493 e. The lowest BCUT2D eigenvalue weighted by molar-refractivity contribution is 0.309. The van der Waals surface area contributed by atoms with Crippen LogP contribution in [0.3, 0.4) is 0 Å². The number of benzene rings is 2. The summed E-state index contributed by atoms with van der Waals surface area (Å²) in [6, 6.07) is 18.7. The van der Waals surface area contributed by atoms with Crippen molar-refractivity contribution in [3.05, 3.63) is 76.6 Å². The molecular weight excluding hydrogens is 340 g/mol. The SMILES string of the molecule is CCCCOc1ccccc1/C=N/Nc1nc(-c2ccccc2)cc(=O)[nH]1. The van der Waals surface area contributed by atoms with Gasteiger partial charge in [0.05, 0.1) is 18.5 Å². The van der Waals surface area contributed by atoms with E-state index in [2.05, 4.69) is 27.4 Å². The molecule has 1 aromatic heterocycles. The summed E-state index contributed by atoms with van der Waals surface area (Å²) in [4.78, 5) is 19.0. The van der Waals surface area contributed by atoms with Crippen LogP contribution < -0.4 is 15.7 Å². The maximum absolute atomic E-state index is 11.9. The minimum atomic E-state index is -0.246. The molecule has 2 aromatic carbocycles. The quantitative estimate of drug-likeness (QED) is 0.360. The van der Waals surface area contributed by atoms with Gasteiger partial charge in [-0.25, -0.2) is 10.4 Å². The average molecular weight is 362 g/mol. The Morgan fingerprint density at radius 1 is 1.15 bits per heavy atom. The van der Waals surface area contributed by atoms with Gasteiger partial charge >= 0.3 is 0 Å². The zero-order chi connectivity index (χ0) is 18.9. The van der Waals surface area contributed by atoms with Gasteiger partial charge in [0.2, 0.25) is 5.95 Å². The highest BCUT2D eigenvalue weighted by atomic mass is 16.5. The fraction of sp³-hybridized carbons (Fsp3) is 0.190. The van der Waals surface area contributed by atoms with Crippen LogP contribution in [0.25, 0.3) is 11.3 Å². The molecule has 1 heterocycles. The van der Waals surface area contributed by atoms with E-state index < -0.39 is 0 Å². The Bertz CT molecular complexity index is 952. The zero-order valence-electron chi connectivity index (χ0n) is 15.2. The van der Waals surface area contributed by atoms with Crippen molar-refractivity contribution in [1.29, 1.82) is 0 Å². The van der Waals surface area contributed by atoms with Crippen molar-refractivity contribution in [2.75, 3.05) is 12.0 Å². The molecule has 6 nitrogen and oxygen atoms in total. The Balaban J connectivity index is 1.74. The van der Waals surface area contributed by atoms with Gasteiger partial charge in [-0.1, -0.05) is 55.8 Å². The maximum Gasteiger partial charge on any atom is 0.252 e. The summed E-state index contributed by atoms with van der Waals surface area (Å²) < 4.78 is 5.78. The fourth-order valence-electron chi connectivity index (χ4n) is 2.48. The molecule has 0 fully saturated rings. The van der Waals surface area contributed by atoms with Gasteiger partial charge in [-0.2, -0.15) is 5.10 Å². The summed E-state index contributed by atoms with van der Waals surface area (Å²) in [5.74, 6) is 1.05. The van der Waals surface area contributed by atoms with Crippen molar-refractivity contribution < 1.29 is 4.74 Å². The van der Waals surface area contributed by atoms with Gasteiger partial charge in [-0.15, -0.1) is 0 Å². The predicted octanol–water partition coefficient (Wildman–Crippen LogP) is 4.06. The number of para-hydroxylation sites is 1. The van der Waals surface area contributed by atoms with Crippen LogP contribution in [0.4, 0.5) is 5.95 Å². The van der Waals surface area contributed by atoms with Crippen LogP contribution in [-0.2, 0) is 0 Å². The third-order valence-electron chi connectivity index (χ3n) is 3.86. The lowest BCUT2D eigenvalue weighted by atomic mass is 10.1. The molecule has 6 heteroatoms. The summed E-state index contributed by atoms with van der Waals surface area (Å²) in [7, 11) is 0. The predicted molar refractivity (Wildman–Crippen MR) is 108 cm³/mol. The molecule has 0 aliphatic rings. The highest BCUT2D eigenvalue weighted by molar-refractivity contribution is 5.83. The van der Waals surface area contributed by atoms with Crippen LogP contribution in [0.1, 0.15) is 25.3 Å². The number of rotatable bonds is 8. The summed E-state index contributed by atoms with van der Waals surface area (Å²) in [5.41, 5.74) is 4.84. The first-order valence-electron chi connectivity index (χ1n) is 8.94. The number of aromatic amines is 1. The average Bonchev–Trinajstić information content (AvgIpc) is 2.70. The number of nitrogens with zero attached hydrogens (tertiary/aromatic N) is 2. The second-order valence-electron chi connectivity index (χ2n) is 5.96. The molecule has 0 saturated heterocycles. The van der Waals surface area contributed by atoms with Crippen molar-refractivity contribution in [2.45, 2.75) is 19.8 Å². The molecule has 3 rings (SSSR count). The Morgan fingerprint density at radius 3 is 2.74 bits per heavy atom. The van der Waals surface area contributed by atoms with Gasteiger partial charge in [0.1, 0.15) is 5.75 Å². The van der Waals surface area contributed by atoms with Gasteiger partial charge in [-0.3, -0.25) is 9.78 Å². The van der Waals surface area contributed by atoms with E-state index in [1.807, 2.05) is 54.6 Å². The van der Waals surface area contributed by atoms with Gasteiger partial charge in [0, 0.05) is 17.2 Å². The molecule has 0 spiro atoms. The van der Waals surface area contributed by atoms with Crippen molar-refractivity contribution in [1.82, 2.24) is 9.97 Å². The number of unbranched alkanes of at least 4 members (excludes halogenated alkanes) is 1. The lowest BCUT2D eigenvalue weighted by Crippen LogP contribution is -2.10. The number of hydrogen-bond donors (Lipinski definition) is 2. The molecule has 0 aliphatic heterocycles. The fourth-order valence-corrected chi connectivity index (χ4v) is 2.48. The summed E-state index contributed by atoms with van der Waals surface area (Å²) in [6.45, 7) is 2.79. The van der Waals surface area contributed by atoms with E-state index in [0.29, 0.717) is 12.3 Å². The minimum absolute atomic E-state index is 0.246. The monoisotopic (exact) mass is 362 g/mol. The van der Waals surface area contributed by atoms with Crippen LogP contribution in [0.5, 0.6) is 5.75 Å². The van der Waals surface area contributed by atoms with Crippen molar-refractivity contribution >= 4 is 12.2 Å². The number of ether oxygens (including phenoxy) is 1. The van der Waals surface area contributed by atoms with Gasteiger partial charge in [0.15, 0.2) is 0 Å². The topological polar surface area (TPSA) is 79.4 Å². The molecule has 27 heavy (non-hydrogen) atoms. The highest BCUT2D eigenvalue weighted by Crippen LogP contribution is 2.17. The van der Waals surface area contributed by atoms with E-state index in [4.69, 9.17) is 4.74 Å². The van der Waals surface area contributed by atoms with E-state index >= 15 is 0 Å². The first-order valence-corrected chi connectivity index (χ1v) is 8.94. The lowest BCUT2D eigenvalue weighted by Gasteiger charge is -2.08. The Hall–Kier alpha value is -3.41. The molecule has 0 radical (unpaired) electrons. The van der Waals surface area contributed by atoms with Crippen LogP contribution in [0.2, 0.25) is 0 Å². The number of anilines is 1. The minimum Gasteiger partial charge on any atom is -0.493 e. The molecule has 0 atom stereocenters. The third kappa shape index (κ3) is 5.28. The van der Waals surface area contributed by atoms with E-state index in [1.54, 1.807) is 6.21 Å². The van der Waals surface area contributed by atoms with E-state index in [-0.39, 0.29) is 11.5 Å². The number of nitrogens with one attached hydrogen (secondary N) is 2. The van der Waals surface area contributed by atoms with Crippen LogP contribution in [-0.4, -0.2) is 22.8 Å². The standard InChI is InChI=1S/C21H22N4O2/c1-2-3-13-27-19-12-8-7-11-17(19)15-22-25-21-23-18(14-20(26)24-21)16-9-5-4-6-10-16/h4-12,14-15H,2-3,13H2,1H3,(H2,23,24,25,26)/b22-15+. The van der Waals surface area contributed by atoms with Gasteiger partial charge < -0.3 is 4.74 Å². The number of aromatic nitrogens is 2. The summed E-state index contributed by atoms with van der Waals surface area (Å²) >= 11 is 0. The molecule has 138 valence electrons. The molecular formula is C21H22N4O2. The third-order valence-corrected chi connectivity index (χ3v) is 3.86. The van der Waals surface area contributed by atoms with Crippen LogP contribution >= 0.6 is 0 Å². The Morgan fingerprint density at radius 2 is 1.93 bits per heavy atom. The Kier molecular flexibility index (Phi) is 6.35. The number of hydrazone groups is 1. The molecule has 0 unspecified atom stereocenters. The second-order valence-corrected chi connectivity index (χ2v) is 5.96. The molecule has 0 amide bonds. The first kappa shape index (κ1) is 18.4. The normalized spacial score (nSPS) is 10.9. The smallest absolute Gasteiger partial charge is 0.252 e. The molecule has 0 aliphatic carbocycles. The second kappa shape index (κ2) is 9.33. The zero-order valence-corrected chi connectivity index (χ0v) is 15.2. The van der Waals surface area contributed by atoms with Crippen molar-refractivity contribution in [3.8, 4) is 17.0 Å². The Labute approximate surface area is 157 Å². The van der Waals surface area contributed by atoms with Crippen molar-refractivity contribution in [3.63, 3.8) is 0 Å². The highest BCUT2D eigenvalue weighted by Gasteiger charge is 2.04. The number of hydrogen-bond acceptors (Lipinski definition) is 5. The maximum atomic E-state index is 11.9.